The van der Waals surface area contributed by atoms with Crippen LogP contribution in [0, 0.1) is 0 Å². The molecule has 4 nitrogen and oxygen atoms in total. The maximum Gasteiger partial charge on any atom is 0.414 e. The Morgan fingerprint density at radius 2 is 2.20 bits per heavy atom. The molecule has 0 aliphatic heterocycles. The van der Waals surface area contributed by atoms with E-state index in [-0.39, 0.29) is 11.4 Å². The second-order valence-electron chi connectivity index (χ2n) is 4.05. The minimum Gasteiger partial charge on any atom is -0.390 e. The van der Waals surface area contributed by atoms with Gasteiger partial charge in [-0.1, -0.05) is 0 Å². The number of nitrogens with one attached hydrogen (secondary N) is 1. The summed E-state index contributed by atoms with van der Waals surface area (Å²) in [6.45, 7) is 5.63. The zero-order chi connectivity index (χ0) is 11.5. The van der Waals surface area contributed by atoms with E-state index in [2.05, 4.69) is 26.2 Å². The van der Waals surface area contributed by atoms with Gasteiger partial charge in [-0.15, -0.1) is 0 Å². The molecule has 0 saturated heterocycles. The lowest BCUT2D eigenvalue weighted by Crippen LogP contribution is -2.42. The molecule has 0 aliphatic rings. The van der Waals surface area contributed by atoms with Gasteiger partial charge in [0, 0.05) is 11.7 Å². The number of carbonyl (C=O) groups is 1. The molecule has 0 atom stereocenters. The summed E-state index contributed by atoms with van der Waals surface area (Å²) in [6, 6.07) is 3.51. The Kier molecular flexibility index (Phi) is 3.68. The third-order valence-corrected chi connectivity index (χ3v) is 1.99. The Morgan fingerprint density at radius 1 is 1.53 bits per heavy atom. The van der Waals surface area contributed by atoms with Crippen LogP contribution in [0.25, 0.3) is 0 Å². The zero-order valence-electron chi connectivity index (χ0n) is 8.87. The molecule has 15 heavy (non-hydrogen) atoms. The largest absolute Gasteiger partial charge is 0.414 e. The number of ether oxygens (including phenoxy) is 1. The number of amides is 1. The molecule has 0 spiro atoms. The highest BCUT2D eigenvalue weighted by atomic mass is 79.9. The normalized spacial score (nSPS) is 10.9. The van der Waals surface area contributed by atoms with Crippen molar-refractivity contribution in [3.8, 4) is 5.88 Å². The van der Waals surface area contributed by atoms with Gasteiger partial charge >= 0.3 is 6.09 Å². The van der Waals surface area contributed by atoms with E-state index in [9.17, 15) is 4.79 Å². The van der Waals surface area contributed by atoms with Crippen molar-refractivity contribution >= 4 is 22.0 Å². The van der Waals surface area contributed by atoms with Crippen molar-refractivity contribution in [1.29, 1.82) is 0 Å². The van der Waals surface area contributed by atoms with E-state index >= 15 is 0 Å². The zero-order valence-corrected chi connectivity index (χ0v) is 10.5. The fourth-order valence-electron chi connectivity index (χ4n) is 0.866. The summed E-state index contributed by atoms with van der Waals surface area (Å²) in [4.78, 5) is 15.3. The molecule has 0 radical (unpaired) electrons. The molecule has 0 aromatic carbocycles. The van der Waals surface area contributed by atoms with Crippen LogP contribution in [0.4, 0.5) is 4.79 Å². The van der Waals surface area contributed by atoms with E-state index in [1.807, 2.05) is 20.8 Å². The highest BCUT2D eigenvalue weighted by molar-refractivity contribution is 9.10. The van der Waals surface area contributed by atoms with E-state index < -0.39 is 6.09 Å². The van der Waals surface area contributed by atoms with Crippen LogP contribution in [0.2, 0.25) is 0 Å². The number of carbonyl (C=O) groups excluding carboxylic acids is 1. The van der Waals surface area contributed by atoms with Crippen molar-refractivity contribution in [2.24, 2.45) is 0 Å². The summed E-state index contributed by atoms with van der Waals surface area (Å²) in [5.41, 5.74) is -0.321. The average molecular weight is 273 g/mol. The third-order valence-electron chi connectivity index (χ3n) is 1.39. The Morgan fingerprint density at radius 3 is 2.73 bits per heavy atom. The molecule has 0 fully saturated rings. The van der Waals surface area contributed by atoms with Crippen molar-refractivity contribution in [2.45, 2.75) is 26.3 Å². The molecule has 0 unspecified atom stereocenters. The first-order valence-electron chi connectivity index (χ1n) is 4.49. The first-order chi connectivity index (χ1) is 6.88. The molecule has 82 valence electrons. The van der Waals surface area contributed by atoms with Crippen LogP contribution in [0.5, 0.6) is 5.88 Å². The Balaban J connectivity index is 2.64. The van der Waals surface area contributed by atoms with Crippen molar-refractivity contribution < 1.29 is 9.53 Å². The molecule has 1 aromatic heterocycles. The molecule has 1 aromatic rings. The smallest absolute Gasteiger partial charge is 0.390 e. The van der Waals surface area contributed by atoms with E-state index in [0.717, 1.165) is 0 Å². The van der Waals surface area contributed by atoms with Crippen LogP contribution >= 0.6 is 15.9 Å². The van der Waals surface area contributed by atoms with Gasteiger partial charge in [-0.05, 0) is 48.8 Å². The van der Waals surface area contributed by atoms with Crippen LogP contribution in [-0.2, 0) is 0 Å². The van der Waals surface area contributed by atoms with E-state index in [1.54, 1.807) is 18.3 Å². The lowest BCUT2D eigenvalue weighted by molar-refractivity contribution is 0.188. The highest BCUT2D eigenvalue weighted by Gasteiger charge is 2.16. The third kappa shape index (κ3) is 4.29. The van der Waals surface area contributed by atoms with Crippen LogP contribution in [0.1, 0.15) is 20.8 Å². The Hall–Kier alpha value is -1.10. The molecule has 5 heteroatoms. The van der Waals surface area contributed by atoms with Gasteiger partial charge in [-0.3, -0.25) is 0 Å². The predicted molar refractivity (Wildman–Crippen MR) is 60.8 cm³/mol. The van der Waals surface area contributed by atoms with Gasteiger partial charge < -0.3 is 10.1 Å². The highest BCUT2D eigenvalue weighted by Crippen LogP contribution is 2.20. The quantitative estimate of drug-likeness (QED) is 0.855. The number of hydrogen-bond acceptors (Lipinski definition) is 3. The second-order valence-corrected chi connectivity index (χ2v) is 4.91. The second kappa shape index (κ2) is 4.61. The Bertz CT molecular complexity index is 361. The van der Waals surface area contributed by atoms with Crippen LogP contribution in [0.15, 0.2) is 22.8 Å². The number of halogens is 1. The fraction of sp³-hybridized carbons (Fsp3) is 0.400. The van der Waals surface area contributed by atoms with Gasteiger partial charge in [-0.2, -0.15) is 0 Å². The van der Waals surface area contributed by atoms with Crippen LogP contribution < -0.4 is 10.1 Å². The number of aromatic nitrogens is 1. The van der Waals surface area contributed by atoms with Crippen molar-refractivity contribution in [3.63, 3.8) is 0 Å². The van der Waals surface area contributed by atoms with Crippen molar-refractivity contribution in [3.05, 3.63) is 22.8 Å². The van der Waals surface area contributed by atoms with E-state index in [4.69, 9.17) is 4.74 Å². The average Bonchev–Trinajstić information content (AvgIpc) is 2.05. The van der Waals surface area contributed by atoms with Crippen LogP contribution in [0.3, 0.4) is 0 Å². The fourth-order valence-corrected chi connectivity index (χ4v) is 1.20. The molecule has 0 saturated carbocycles. The molecule has 0 aliphatic carbocycles. The number of rotatable bonds is 1. The SMILES string of the molecule is CC(C)(C)NC(=O)Oc1ncccc1Br. The van der Waals surface area contributed by atoms with Gasteiger partial charge in [-0.25, -0.2) is 9.78 Å². The summed E-state index contributed by atoms with van der Waals surface area (Å²) >= 11 is 3.24. The number of nitrogens with zero attached hydrogens (tertiary/aromatic N) is 1. The predicted octanol–water partition coefficient (Wildman–Crippen LogP) is 2.73. The summed E-state index contributed by atoms with van der Waals surface area (Å²) in [5.74, 6) is 0.263. The minimum absolute atomic E-state index is 0.263. The first kappa shape index (κ1) is 12.0. The molecule has 0 bridgehead atoms. The van der Waals surface area contributed by atoms with Gasteiger partial charge in [0.15, 0.2) is 0 Å². The topological polar surface area (TPSA) is 51.2 Å². The molecular formula is C10H13BrN2O2. The summed E-state index contributed by atoms with van der Waals surface area (Å²) in [7, 11) is 0. The van der Waals surface area contributed by atoms with E-state index in [0.29, 0.717) is 4.47 Å². The van der Waals surface area contributed by atoms with Crippen molar-refractivity contribution in [2.75, 3.05) is 0 Å². The summed E-state index contributed by atoms with van der Waals surface area (Å²) in [5, 5.41) is 2.67. The summed E-state index contributed by atoms with van der Waals surface area (Å²) < 4.78 is 5.66. The monoisotopic (exact) mass is 272 g/mol. The lowest BCUT2D eigenvalue weighted by Gasteiger charge is -2.19. The van der Waals surface area contributed by atoms with Gasteiger partial charge in [0.1, 0.15) is 0 Å². The van der Waals surface area contributed by atoms with Gasteiger partial charge in [0.2, 0.25) is 5.88 Å². The van der Waals surface area contributed by atoms with Crippen LogP contribution in [-0.4, -0.2) is 16.6 Å². The summed E-state index contributed by atoms with van der Waals surface area (Å²) in [6.07, 6.45) is 1.05. The molecule has 1 amide bonds. The van der Waals surface area contributed by atoms with Gasteiger partial charge in [0.25, 0.3) is 0 Å². The number of pyridine rings is 1. The van der Waals surface area contributed by atoms with E-state index in [1.165, 1.54) is 0 Å². The lowest BCUT2D eigenvalue weighted by atomic mass is 10.1. The maximum atomic E-state index is 11.4. The first-order valence-corrected chi connectivity index (χ1v) is 5.28. The standard InChI is InChI=1S/C10H13BrN2O2/c1-10(2,3)13-9(14)15-8-7(11)5-4-6-12-8/h4-6H,1-3H3,(H,13,14). The molecular weight excluding hydrogens is 260 g/mol. The maximum absolute atomic E-state index is 11.4. The molecule has 1 heterocycles. The molecule has 1 rings (SSSR count). The Labute approximate surface area is 97.2 Å². The van der Waals surface area contributed by atoms with Crippen molar-refractivity contribution in [1.82, 2.24) is 10.3 Å². The van der Waals surface area contributed by atoms with Gasteiger partial charge in [0.05, 0.1) is 4.47 Å². The minimum atomic E-state index is -0.512. The molecule has 1 N–H and O–H groups in total. The number of hydrogen-bond donors (Lipinski definition) is 1.